The van der Waals surface area contributed by atoms with Crippen LogP contribution in [0.5, 0.6) is 0 Å². The number of rotatable bonds is 4. The highest BCUT2D eigenvalue weighted by molar-refractivity contribution is 9.10. The van der Waals surface area contributed by atoms with Crippen LogP contribution in [0.15, 0.2) is 56.8 Å². The van der Waals surface area contributed by atoms with Gasteiger partial charge in [0.2, 0.25) is 0 Å². The van der Waals surface area contributed by atoms with Crippen molar-refractivity contribution in [1.29, 1.82) is 5.26 Å². The SMILES string of the molecule is CCCc1nc2ccc(Br)cc2c(=O)n1N=Cc1ccc(C#N)cc1. The van der Waals surface area contributed by atoms with Crippen molar-refractivity contribution in [2.75, 3.05) is 0 Å². The molecule has 0 unspecified atom stereocenters. The van der Waals surface area contributed by atoms with E-state index in [-0.39, 0.29) is 5.56 Å². The highest BCUT2D eigenvalue weighted by atomic mass is 79.9. The maximum absolute atomic E-state index is 12.8. The number of aryl methyl sites for hydroxylation is 1. The van der Waals surface area contributed by atoms with E-state index < -0.39 is 0 Å². The lowest BCUT2D eigenvalue weighted by Crippen LogP contribution is -2.22. The molecule has 0 saturated heterocycles. The average molecular weight is 395 g/mol. The van der Waals surface area contributed by atoms with Gasteiger partial charge in [-0.05, 0) is 42.3 Å². The topological polar surface area (TPSA) is 71.0 Å². The van der Waals surface area contributed by atoms with Gasteiger partial charge in [0.15, 0.2) is 0 Å². The summed E-state index contributed by atoms with van der Waals surface area (Å²) in [7, 11) is 0. The number of nitrogens with zero attached hydrogens (tertiary/aromatic N) is 4. The average Bonchev–Trinajstić information content (AvgIpc) is 2.63. The van der Waals surface area contributed by atoms with Crippen molar-refractivity contribution < 1.29 is 0 Å². The molecule has 0 aliphatic rings. The fraction of sp³-hybridized carbons (Fsp3) is 0.158. The summed E-state index contributed by atoms with van der Waals surface area (Å²) in [6, 6.07) is 14.5. The number of benzene rings is 2. The van der Waals surface area contributed by atoms with E-state index in [1.165, 1.54) is 4.68 Å². The second kappa shape index (κ2) is 7.41. The molecule has 0 aliphatic heterocycles. The second-order valence-corrected chi connectivity index (χ2v) is 6.45. The third-order valence-electron chi connectivity index (χ3n) is 3.71. The molecule has 25 heavy (non-hydrogen) atoms. The molecule has 0 radical (unpaired) electrons. The molecule has 3 rings (SSSR count). The number of aromatic nitrogens is 2. The summed E-state index contributed by atoms with van der Waals surface area (Å²) in [5.41, 5.74) is 1.86. The van der Waals surface area contributed by atoms with Gasteiger partial charge in [-0.25, -0.2) is 4.98 Å². The molecule has 1 heterocycles. The van der Waals surface area contributed by atoms with Crippen molar-refractivity contribution in [1.82, 2.24) is 9.66 Å². The first-order valence-electron chi connectivity index (χ1n) is 7.88. The van der Waals surface area contributed by atoms with Crippen LogP contribution in [0.3, 0.4) is 0 Å². The van der Waals surface area contributed by atoms with E-state index in [2.05, 4.69) is 32.1 Å². The Morgan fingerprint density at radius 2 is 2.04 bits per heavy atom. The van der Waals surface area contributed by atoms with E-state index in [4.69, 9.17) is 5.26 Å². The lowest BCUT2D eigenvalue weighted by atomic mass is 10.2. The van der Waals surface area contributed by atoms with Crippen LogP contribution in [0, 0.1) is 11.3 Å². The molecule has 2 aromatic carbocycles. The summed E-state index contributed by atoms with van der Waals surface area (Å²) >= 11 is 3.39. The second-order valence-electron chi connectivity index (χ2n) is 5.53. The van der Waals surface area contributed by atoms with Crippen molar-refractivity contribution in [2.24, 2.45) is 5.10 Å². The highest BCUT2D eigenvalue weighted by Gasteiger charge is 2.10. The molecule has 0 fully saturated rings. The van der Waals surface area contributed by atoms with Gasteiger partial charge < -0.3 is 0 Å². The standard InChI is InChI=1S/C19H15BrN4O/c1-2-3-18-23-17-9-8-15(20)10-16(17)19(25)24(18)22-12-14-6-4-13(11-21)5-7-14/h4-10,12H,2-3H2,1H3. The fourth-order valence-electron chi connectivity index (χ4n) is 2.47. The zero-order valence-electron chi connectivity index (χ0n) is 13.6. The Morgan fingerprint density at radius 1 is 1.28 bits per heavy atom. The molecule has 5 nitrogen and oxygen atoms in total. The number of hydrogen-bond donors (Lipinski definition) is 0. The third-order valence-corrected chi connectivity index (χ3v) is 4.20. The zero-order chi connectivity index (χ0) is 17.8. The van der Waals surface area contributed by atoms with Crippen LogP contribution in [0.25, 0.3) is 10.9 Å². The molecule has 0 amide bonds. The Labute approximate surface area is 153 Å². The minimum absolute atomic E-state index is 0.195. The molecular formula is C19H15BrN4O. The summed E-state index contributed by atoms with van der Waals surface area (Å²) in [6.45, 7) is 2.03. The lowest BCUT2D eigenvalue weighted by molar-refractivity contribution is 0.704. The monoisotopic (exact) mass is 394 g/mol. The van der Waals surface area contributed by atoms with Gasteiger partial charge in [0.05, 0.1) is 28.8 Å². The van der Waals surface area contributed by atoms with Crippen LogP contribution in [-0.2, 0) is 6.42 Å². The largest absolute Gasteiger partial charge is 0.282 e. The molecule has 3 aromatic rings. The van der Waals surface area contributed by atoms with Crippen molar-refractivity contribution in [3.8, 4) is 6.07 Å². The van der Waals surface area contributed by atoms with Gasteiger partial charge in [-0.1, -0.05) is 35.0 Å². The molecule has 1 aromatic heterocycles. The minimum Gasteiger partial charge on any atom is -0.267 e. The number of hydrogen-bond acceptors (Lipinski definition) is 4. The Balaban J connectivity index is 2.10. The van der Waals surface area contributed by atoms with E-state index >= 15 is 0 Å². The molecular weight excluding hydrogens is 380 g/mol. The molecule has 0 atom stereocenters. The minimum atomic E-state index is -0.195. The predicted molar refractivity (Wildman–Crippen MR) is 102 cm³/mol. The van der Waals surface area contributed by atoms with Gasteiger partial charge in [0, 0.05) is 10.9 Å². The molecule has 0 bridgehead atoms. The van der Waals surface area contributed by atoms with Crippen LogP contribution in [0.2, 0.25) is 0 Å². The van der Waals surface area contributed by atoms with Crippen LogP contribution in [0.1, 0.15) is 30.3 Å². The predicted octanol–water partition coefficient (Wildman–Crippen LogP) is 3.87. The fourth-order valence-corrected chi connectivity index (χ4v) is 2.83. The smallest absolute Gasteiger partial charge is 0.267 e. The molecule has 6 heteroatoms. The highest BCUT2D eigenvalue weighted by Crippen LogP contribution is 2.16. The van der Waals surface area contributed by atoms with Gasteiger partial charge >= 0.3 is 0 Å². The molecule has 0 aliphatic carbocycles. The van der Waals surface area contributed by atoms with Crippen LogP contribution in [-0.4, -0.2) is 15.9 Å². The Kier molecular flexibility index (Phi) is 5.05. The quantitative estimate of drug-likeness (QED) is 0.630. The van der Waals surface area contributed by atoms with Crippen LogP contribution in [0.4, 0.5) is 0 Å². The van der Waals surface area contributed by atoms with Gasteiger partial charge in [0.1, 0.15) is 5.82 Å². The van der Waals surface area contributed by atoms with Crippen molar-refractivity contribution >= 4 is 33.0 Å². The van der Waals surface area contributed by atoms with E-state index in [0.717, 1.165) is 16.5 Å². The Bertz CT molecular complexity index is 1050. The number of halogens is 1. The van der Waals surface area contributed by atoms with E-state index in [1.54, 1.807) is 36.5 Å². The molecule has 0 spiro atoms. The van der Waals surface area contributed by atoms with Crippen LogP contribution < -0.4 is 5.56 Å². The molecule has 124 valence electrons. The van der Waals surface area contributed by atoms with Crippen LogP contribution >= 0.6 is 15.9 Å². The summed E-state index contributed by atoms with van der Waals surface area (Å²) in [5, 5.41) is 13.7. The Hall–Kier alpha value is -2.78. The maximum Gasteiger partial charge on any atom is 0.282 e. The van der Waals surface area contributed by atoms with Gasteiger partial charge in [0.25, 0.3) is 5.56 Å². The van der Waals surface area contributed by atoms with Gasteiger partial charge in [-0.2, -0.15) is 15.0 Å². The molecule has 0 saturated carbocycles. The zero-order valence-corrected chi connectivity index (χ0v) is 15.2. The number of nitriles is 1. The summed E-state index contributed by atoms with van der Waals surface area (Å²) in [6.07, 6.45) is 3.13. The van der Waals surface area contributed by atoms with E-state index in [1.807, 2.05) is 19.1 Å². The lowest BCUT2D eigenvalue weighted by Gasteiger charge is -2.08. The first-order valence-corrected chi connectivity index (χ1v) is 8.67. The normalized spacial score (nSPS) is 11.1. The first-order chi connectivity index (χ1) is 12.1. The Morgan fingerprint density at radius 3 is 2.72 bits per heavy atom. The number of fused-ring (bicyclic) bond motifs is 1. The summed E-state index contributed by atoms with van der Waals surface area (Å²) in [4.78, 5) is 17.4. The van der Waals surface area contributed by atoms with E-state index in [9.17, 15) is 4.79 Å². The van der Waals surface area contributed by atoms with Crippen molar-refractivity contribution in [3.05, 3.63) is 74.2 Å². The first kappa shape index (κ1) is 17.1. The van der Waals surface area contributed by atoms with Crippen molar-refractivity contribution in [3.63, 3.8) is 0 Å². The van der Waals surface area contributed by atoms with E-state index in [0.29, 0.717) is 28.7 Å². The maximum atomic E-state index is 12.8. The summed E-state index contributed by atoms with van der Waals surface area (Å²) < 4.78 is 2.18. The molecule has 0 N–H and O–H groups in total. The van der Waals surface area contributed by atoms with Crippen molar-refractivity contribution in [2.45, 2.75) is 19.8 Å². The third kappa shape index (κ3) is 3.67. The summed E-state index contributed by atoms with van der Waals surface area (Å²) in [5.74, 6) is 0.632. The van der Waals surface area contributed by atoms with Gasteiger partial charge in [-0.3, -0.25) is 4.79 Å². The van der Waals surface area contributed by atoms with Gasteiger partial charge in [-0.15, -0.1) is 0 Å².